The summed E-state index contributed by atoms with van der Waals surface area (Å²) < 4.78 is 8.22. The van der Waals surface area contributed by atoms with Crippen molar-refractivity contribution in [3.05, 3.63) is 89.5 Å². The number of aromatic nitrogens is 3. The molecule has 0 spiro atoms. The third-order valence-corrected chi connectivity index (χ3v) is 5.47. The lowest BCUT2D eigenvalue weighted by Crippen LogP contribution is -2.29. The van der Waals surface area contributed by atoms with Crippen LogP contribution in [-0.2, 0) is 6.54 Å². The van der Waals surface area contributed by atoms with Crippen molar-refractivity contribution in [2.24, 2.45) is 0 Å². The number of pyridine rings is 1. The molecule has 4 aromatic rings. The minimum absolute atomic E-state index is 0.164. The van der Waals surface area contributed by atoms with E-state index in [1.807, 2.05) is 25.1 Å². The Bertz CT molecular complexity index is 1220. The molecule has 32 heavy (non-hydrogen) atoms. The maximum Gasteiger partial charge on any atom is 0.253 e. The molecule has 164 valence electrons. The van der Waals surface area contributed by atoms with E-state index in [-0.39, 0.29) is 11.9 Å². The van der Waals surface area contributed by atoms with Gasteiger partial charge in [0.2, 0.25) is 0 Å². The van der Waals surface area contributed by atoms with E-state index in [4.69, 9.17) is 9.72 Å². The molecule has 6 nitrogen and oxygen atoms in total. The van der Waals surface area contributed by atoms with E-state index in [1.54, 1.807) is 24.5 Å². The number of fused-ring (bicyclic) bond motifs is 1. The smallest absolute Gasteiger partial charge is 0.253 e. The summed E-state index contributed by atoms with van der Waals surface area (Å²) in [6.45, 7) is 7.43. The topological polar surface area (TPSA) is 69.0 Å². The molecule has 1 amide bonds. The molecule has 6 heteroatoms. The lowest BCUT2D eigenvalue weighted by Gasteiger charge is -2.17. The van der Waals surface area contributed by atoms with Gasteiger partial charge >= 0.3 is 0 Å². The molecule has 0 fully saturated rings. The van der Waals surface area contributed by atoms with Crippen molar-refractivity contribution < 1.29 is 9.53 Å². The summed E-state index contributed by atoms with van der Waals surface area (Å²) in [5, 5.41) is 3.05. The number of carbonyl (C=O) groups excluding carboxylic acids is 1. The quantitative estimate of drug-likeness (QED) is 0.401. The zero-order valence-electron chi connectivity index (χ0n) is 18.7. The molecule has 0 saturated heterocycles. The number of hydrogen-bond acceptors (Lipinski definition) is 4. The molecule has 0 bridgehead atoms. The second kappa shape index (κ2) is 9.64. The summed E-state index contributed by atoms with van der Waals surface area (Å²) in [7, 11) is 0. The summed E-state index contributed by atoms with van der Waals surface area (Å²) in [5.74, 6) is 1.59. The lowest BCUT2D eigenvalue weighted by molar-refractivity contribution is 0.0937. The number of nitrogens with zero attached hydrogens (tertiary/aromatic N) is 3. The Labute approximate surface area is 188 Å². The Hall–Kier alpha value is -3.67. The molecule has 0 saturated carbocycles. The van der Waals surface area contributed by atoms with Crippen LogP contribution in [0.15, 0.2) is 67.0 Å². The first-order valence-electron chi connectivity index (χ1n) is 10.9. The van der Waals surface area contributed by atoms with E-state index >= 15 is 0 Å². The van der Waals surface area contributed by atoms with E-state index in [0.29, 0.717) is 12.2 Å². The average molecular weight is 429 g/mol. The standard InChI is InChI=1S/C26H28N4O2/c1-18-11-12-19(2)24(16-18)32-15-7-14-30-23-10-5-4-9-22(23)29-25(30)20(3)28-26(31)21-8-6-13-27-17-21/h4-6,8-13,16-17,20H,7,14-15H2,1-3H3,(H,28,31). The second-order valence-electron chi connectivity index (χ2n) is 8.02. The maximum absolute atomic E-state index is 12.6. The number of rotatable bonds is 8. The molecular weight excluding hydrogens is 400 g/mol. The summed E-state index contributed by atoms with van der Waals surface area (Å²) >= 11 is 0. The second-order valence-corrected chi connectivity index (χ2v) is 8.02. The normalized spacial score (nSPS) is 12.0. The van der Waals surface area contributed by atoms with Gasteiger partial charge in [-0.1, -0.05) is 24.3 Å². The number of aryl methyl sites for hydroxylation is 3. The highest BCUT2D eigenvalue weighted by atomic mass is 16.5. The highest BCUT2D eigenvalue weighted by Gasteiger charge is 2.19. The van der Waals surface area contributed by atoms with Gasteiger partial charge in [0.15, 0.2) is 0 Å². The average Bonchev–Trinajstić information content (AvgIpc) is 3.18. The number of amides is 1. The first-order chi connectivity index (χ1) is 15.5. The molecule has 2 aromatic carbocycles. The number of ether oxygens (including phenoxy) is 1. The van der Waals surface area contributed by atoms with Gasteiger partial charge in [-0.3, -0.25) is 9.78 Å². The van der Waals surface area contributed by atoms with Crippen molar-refractivity contribution in [2.75, 3.05) is 6.61 Å². The van der Waals surface area contributed by atoms with Crippen LogP contribution in [0.5, 0.6) is 5.75 Å². The predicted molar refractivity (Wildman–Crippen MR) is 126 cm³/mol. The summed E-state index contributed by atoms with van der Waals surface area (Å²) in [5.41, 5.74) is 4.82. The Morgan fingerprint density at radius 1 is 1.12 bits per heavy atom. The first kappa shape index (κ1) is 21.6. The van der Waals surface area contributed by atoms with Crippen LogP contribution in [-0.4, -0.2) is 27.0 Å². The third-order valence-electron chi connectivity index (χ3n) is 5.47. The van der Waals surface area contributed by atoms with Crippen LogP contribution in [0.4, 0.5) is 0 Å². The molecule has 1 N–H and O–H groups in total. The SMILES string of the molecule is Cc1ccc(C)c(OCCCn2c(C(C)NC(=O)c3cccnc3)nc3ccccc32)c1. The summed E-state index contributed by atoms with van der Waals surface area (Å²) in [6.07, 6.45) is 4.04. The number of para-hydroxylation sites is 2. The lowest BCUT2D eigenvalue weighted by atomic mass is 10.1. The van der Waals surface area contributed by atoms with Crippen LogP contribution in [0.25, 0.3) is 11.0 Å². The number of carbonyl (C=O) groups is 1. The van der Waals surface area contributed by atoms with Crippen LogP contribution in [0.3, 0.4) is 0 Å². The van der Waals surface area contributed by atoms with Crippen molar-refractivity contribution in [1.29, 1.82) is 0 Å². The van der Waals surface area contributed by atoms with Crippen LogP contribution < -0.4 is 10.1 Å². The minimum Gasteiger partial charge on any atom is -0.493 e. The van der Waals surface area contributed by atoms with Gasteiger partial charge in [-0.2, -0.15) is 0 Å². The third kappa shape index (κ3) is 4.80. The Kier molecular flexibility index (Phi) is 6.50. The van der Waals surface area contributed by atoms with Crippen molar-refractivity contribution >= 4 is 16.9 Å². The largest absolute Gasteiger partial charge is 0.493 e. The summed E-state index contributed by atoms with van der Waals surface area (Å²) in [4.78, 5) is 21.5. The van der Waals surface area contributed by atoms with Crippen molar-refractivity contribution in [1.82, 2.24) is 19.9 Å². The first-order valence-corrected chi connectivity index (χ1v) is 10.9. The molecule has 0 radical (unpaired) electrons. The molecule has 0 aliphatic rings. The van der Waals surface area contributed by atoms with E-state index in [1.165, 1.54) is 5.56 Å². The number of hydrogen-bond donors (Lipinski definition) is 1. The fourth-order valence-corrected chi connectivity index (χ4v) is 3.77. The van der Waals surface area contributed by atoms with Gasteiger partial charge in [0.25, 0.3) is 5.91 Å². The highest BCUT2D eigenvalue weighted by Crippen LogP contribution is 2.23. The molecule has 4 rings (SSSR count). The number of imidazole rings is 1. The van der Waals surface area contributed by atoms with E-state index in [2.05, 4.69) is 53.0 Å². The fourth-order valence-electron chi connectivity index (χ4n) is 3.77. The van der Waals surface area contributed by atoms with Crippen LogP contribution >= 0.6 is 0 Å². The van der Waals surface area contributed by atoms with Crippen molar-refractivity contribution in [3.63, 3.8) is 0 Å². The monoisotopic (exact) mass is 428 g/mol. The van der Waals surface area contributed by atoms with E-state index in [9.17, 15) is 4.79 Å². The van der Waals surface area contributed by atoms with Gasteiger partial charge in [-0.05, 0) is 68.7 Å². The van der Waals surface area contributed by atoms with Crippen molar-refractivity contribution in [2.45, 2.75) is 39.8 Å². The minimum atomic E-state index is -0.255. The molecule has 2 aromatic heterocycles. The van der Waals surface area contributed by atoms with E-state index < -0.39 is 0 Å². The zero-order valence-corrected chi connectivity index (χ0v) is 18.7. The number of benzene rings is 2. The fraction of sp³-hybridized carbons (Fsp3) is 0.269. The predicted octanol–water partition coefficient (Wildman–Crippen LogP) is 5.01. The summed E-state index contributed by atoms with van der Waals surface area (Å²) in [6, 6.07) is 17.5. The Morgan fingerprint density at radius 2 is 1.97 bits per heavy atom. The van der Waals surface area contributed by atoms with Gasteiger partial charge in [0.05, 0.1) is 29.2 Å². The Morgan fingerprint density at radius 3 is 2.78 bits per heavy atom. The van der Waals surface area contributed by atoms with Gasteiger partial charge in [-0.25, -0.2) is 4.98 Å². The van der Waals surface area contributed by atoms with Crippen LogP contribution in [0, 0.1) is 13.8 Å². The molecular formula is C26H28N4O2. The number of nitrogens with one attached hydrogen (secondary N) is 1. The van der Waals surface area contributed by atoms with Gasteiger partial charge in [0, 0.05) is 18.9 Å². The molecule has 2 heterocycles. The van der Waals surface area contributed by atoms with Crippen LogP contribution in [0.1, 0.15) is 46.7 Å². The van der Waals surface area contributed by atoms with Gasteiger partial charge in [0.1, 0.15) is 11.6 Å². The molecule has 0 aliphatic heterocycles. The highest BCUT2D eigenvalue weighted by molar-refractivity contribution is 5.94. The zero-order chi connectivity index (χ0) is 22.5. The molecule has 1 unspecified atom stereocenters. The maximum atomic E-state index is 12.6. The Balaban J connectivity index is 1.48. The molecule has 1 atom stereocenters. The van der Waals surface area contributed by atoms with Gasteiger partial charge in [-0.15, -0.1) is 0 Å². The van der Waals surface area contributed by atoms with E-state index in [0.717, 1.165) is 41.1 Å². The molecule has 0 aliphatic carbocycles. The van der Waals surface area contributed by atoms with Crippen LogP contribution in [0.2, 0.25) is 0 Å². The van der Waals surface area contributed by atoms with Crippen molar-refractivity contribution in [3.8, 4) is 5.75 Å². The van der Waals surface area contributed by atoms with Gasteiger partial charge < -0.3 is 14.6 Å².